The molecular formula is C44H29N5. The zero-order chi connectivity index (χ0) is 32.6. The summed E-state index contributed by atoms with van der Waals surface area (Å²) in [6.07, 6.45) is 7.15. The molecule has 0 saturated heterocycles. The molecule has 0 unspecified atom stereocenters. The first kappa shape index (κ1) is 28.5. The van der Waals surface area contributed by atoms with Gasteiger partial charge in [-0.25, -0.2) is 9.97 Å². The fourth-order valence-electron chi connectivity index (χ4n) is 6.63. The van der Waals surface area contributed by atoms with Crippen LogP contribution in [0, 0.1) is 0 Å². The van der Waals surface area contributed by atoms with E-state index >= 15 is 0 Å². The summed E-state index contributed by atoms with van der Waals surface area (Å²) in [4.78, 5) is 18.4. The highest BCUT2D eigenvalue weighted by molar-refractivity contribution is 6.09. The summed E-state index contributed by atoms with van der Waals surface area (Å²) < 4.78 is 2.38. The molecule has 0 aliphatic heterocycles. The third-order valence-corrected chi connectivity index (χ3v) is 9.02. The summed E-state index contributed by atoms with van der Waals surface area (Å²) in [5.74, 6) is 0.664. The molecule has 0 aliphatic rings. The van der Waals surface area contributed by atoms with Gasteiger partial charge in [0.1, 0.15) is 0 Å². The molecule has 4 aromatic heterocycles. The molecule has 0 amide bonds. The van der Waals surface area contributed by atoms with Crippen molar-refractivity contribution >= 4 is 21.8 Å². The first-order valence-corrected chi connectivity index (χ1v) is 16.3. The lowest BCUT2D eigenvalue weighted by atomic mass is 9.97. The van der Waals surface area contributed by atoms with Gasteiger partial charge in [-0.3, -0.25) is 9.97 Å². The maximum atomic E-state index is 5.00. The van der Waals surface area contributed by atoms with Crippen molar-refractivity contribution in [1.29, 1.82) is 0 Å². The van der Waals surface area contributed by atoms with Gasteiger partial charge in [0.25, 0.3) is 0 Å². The molecular weight excluding hydrogens is 599 g/mol. The second-order valence-electron chi connectivity index (χ2n) is 12.0. The smallest absolute Gasteiger partial charge is 0.160 e. The lowest BCUT2D eigenvalue weighted by Crippen LogP contribution is -1.97. The van der Waals surface area contributed by atoms with E-state index in [2.05, 4.69) is 136 Å². The monoisotopic (exact) mass is 627 g/mol. The summed E-state index contributed by atoms with van der Waals surface area (Å²) in [7, 11) is 0. The van der Waals surface area contributed by atoms with Crippen LogP contribution in [0.5, 0.6) is 0 Å². The highest BCUT2D eigenvalue weighted by Gasteiger charge is 2.15. The zero-order valence-corrected chi connectivity index (χ0v) is 26.5. The second kappa shape index (κ2) is 12.1. The number of hydrogen-bond acceptors (Lipinski definition) is 4. The van der Waals surface area contributed by atoms with Crippen LogP contribution in [0.25, 0.3) is 83.6 Å². The van der Waals surface area contributed by atoms with Gasteiger partial charge in [0.15, 0.2) is 5.82 Å². The van der Waals surface area contributed by atoms with E-state index in [0.717, 1.165) is 50.5 Å². The number of rotatable bonds is 6. The molecule has 4 heterocycles. The molecule has 49 heavy (non-hydrogen) atoms. The number of hydrogen-bond donors (Lipinski definition) is 0. The Kier molecular flexibility index (Phi) is 7.06. The van der Waals surface area contributed by atoms with Crippen LogP contribution in [0.2, 0.25) is 0 Å². The summed E-state index contributed by atoms with van der Waals surface area (Å²) in [6, 6.07) is 53.2. The zero-order valence-electron chi connectivity index (χ0n) is 26.5. The number of benzene rings is 5. The highest BCUT2D eigenvalue weighted by atomic mass is 15.0. The lowest BCUT2D eigenvalue weighted by Gasteiger charge is -2.14. The third-order valence-electron chi connectivity index (χ3n) is 9.02. The van der Waals surface area contributed by atoms with Gasteiger partial charge in [-0.05, 0) is 82.9 Å². The fraction of sp³-hybridized carbons (Fsp3) is 0. The van der Waals surface area contributed by atoms with Crippen molar-refractivity contribution in [1.82, 2.24) is 24.5 Å². The molecule has 0 spiro atoms. The first-order valence-electron chi connectivity index (χ1n) is 16.3. The topological polar surface area (TPSA) is 56.5 Å². The number of pyridine rings is 2. The van der Waals surface area contributed by atoms with Gasteiger partial charge in [0, 0.05) is 57.9 Å². The molecule has 5 aromatic carbocycles. The Labute approximate surface area is 283 Å². The maximum absolute atomic E-state index is 5.00. The summed E-state index contributed by atoms with van der Waals surface area (Å²) in [5.41, 5.74) is 12.7. The third kappa shape index (κ3) is 5.33. The average Bonchev–Trinajstić information content (AvgIpc) is 3.53. The van der Waals surface area contributed by atoms with Crippen LogP contribution in [-0.2, 0) is 0 Å². The van der Waals surface area contributed by atoms with Crippen molar-refractivity contribution in [2.75, 3.05) is 0 Å². The van der Waals surface area contributed by atoms with E-state index in [1.807, 2.05) is 30.3 Å². The normalized spacial score (nSPS) is 11.3. The quantitative estimate of drug-likeness (QED) is 0.184. The van der Waals surface area contributed by atoms with Gasteiger partial charge < -0.3 is 4.57 Å². The molecule has 230 valence electrons. The van der Waals surface area contributed by atoms with Gasteiger partial charge in [0.2, 0.25) is 0 Å². The SMILES string of the molecule is c1ccc(-c2cc(-c3ccc(-c4nc(-c5ccncc5)cc(-c5ccncc5)n4)cc3)cc(-n3c4ccccc4c4ccccc43)c2)cc1. The van der Waals surface area contributed by atoms with E-state index < -0.39 is 0 Å². The van der Waals surface area contributed by atoms with Crippen molar-refractivity contribution in [2.45, 2.75) is 0 Å². The van der Waals surface area contributed by atoms with Crippen LogP contribution in [-0.4, -0.2) is 24.5 Å². The fourth-order valence-corrected chi connectivity index (χ4v) is 6.63. The predicted octanol–water partition coefficient (Wildman–Crippen LogP) is 10.7. The van der Waals surface area contributed by atoms with E-state index in [1.165, 1.54) is 27.4 Å². The van der Waals surface area contributed by atoms with E-state index in [4.69, 9.17) is 9.97 Å². The van der Waals surface area contributed by atoms with Crippen LogP contribution in [0.4, 0.5) is 0 Å². The number of aromatic nitrogens is 5. The van der Waals surface area contributed by atoms with Gasteiger partial charge >= 0.3 is 0 Å². The molecule has 5 heteroatoms. The Hall–Kier alpha value is -6.72. The van der Waals surface area contributed by atoms with Crippen molar-refractivity contribution in [3.05, 3.63) is 176 Å². The summed E-state index contributed by atoms with van der Waals surface area (Å²) in [6.45, 7) is 0. The Balaban J connectivity index is 1.18. The predicted molar refractivity (Wildman–Crippen MR) is 199 cm³/mol. The molecule has 0 N–H and O–H groups in total. The van der Waals surface area contributed by atoms with Gasteiger partial charge in [-0.15, -0.1) is 0 Å². The van der Waals surface area contributed by atoms with Gasteiger partial charge in [0.05, 0.1) is 22.4 Å². The minimum atomic E-state index is 0.664. The Morgan fingerprint density at radius 2 is 0.816 bits per heavy atom. The summed E-state index contributed by atoms with van der Waals surface area (Å²) in [5, 5.41) is 2.49. The molecule has 0 fully saturated rings. The minimum Gasteiger partial charge on any atom is -0.309 e. The molecule has 0 atom stereocenters. The molecule has 0 bridgehead atoms. The van der Waals surface area contributed by atoms with Crippen LogP contribution in [0.3, 0.4) is 0 Å². The van der Waals surface area contributed by atoms with E-state index in [-0.39, 0.29) is 0 Å². The Morgan fingerprint density at radius 3 is 1.37 bits per heavy atom. The van der Waals surface area contributed by atoms with Crippen molar-refractivity contribution < 1.29 is 0 Å². The van der Waals surface area contributed by atoms with Crippen molar-refractivity contribution in [3.8, 4) is 61.8 Å². The van der Waals surface area contributed by atoms with Crippen molar-refractivity contribution in [3.63, 3.8) is 0 Å². The van der Waals surface area contributed by atoms with Gasteiger partial charge in [-0.1, -0.05) is 91.0 Å². The standard InChI is InChI=1S/C44H29N5/c1-2-8-30(9-3-1)35-26-36(28-37(27-35)49-42-12-6-4-10-38(42)39-11-5-7-13-43(39)49)31-14-16-34(17-15-31)44-47-40(32-18-22-45-23-19-32)29-41(48-44)33-20-24-46-25-21-33/h1-29H. The Morgan fingerprint density at radius 1 is 0.347 bits per heavy atom. The number of nitrogens with zero attached hydrogens (tertiary/aromatic N) is 5. The van der Waals surface area contributed by atoms with Crippen LogP contribution in [0.15, 0.2) is 176 Å². The van der Waals surface area contributed by atoms with E-state index in [0.29, 0.717) is 5.82 Å². The number of para-hydroxylation sites is 2. The highest BCUT2D eigenvalue weighted by Crippen LogP contribution is 2.36. The van der Waals surface area contributed by atoms with Crippen LogP contribution in [0.1, 0.15) is 0 Å². The minimum absolute atomic E-state index is 0.664. The molecule has 0 saturated carbocycles. The van der Waals surface area contributed by atoms with E-state index in [9.17, 15) is 0 Å². The number of fused-ring (bicyclic) bond motifs is 3. The lowest BCUT2D eigenvalue weighted by molar-refractivity contribution is 1.17. The molecule has 5 nitrogen and oxygen atoms in total. The van der Waals surface area contributed by atoms with Crippen molar-refractivity contribution in [2.24, 2.45) is 0 Å². The maximum Gasteiger partial charge on any atom is 0.160 e. The molecule has 9 aromatic rings. The second-order valence-corrected chi connectivity index (χ2v) is 12.0. The van der Waals surface area contributed by atoms with Crippen LogP contribution >= 0.6 is 0 Å². The average molecular weight is 628 g/mol. The molecule has 0 aliphatic carbocycles. The first-order chi connectivity index (χ1) is 24.3. The Bertz CT molecular complexity index is 2470. The summed E-state index contributed by atoms with van der Waals surface area (Å²) >= 11 is 0. The van der Waals surface area contributed by atoms with Gasteiger partial charge in [-0.2, -0.15) is 0 Å². The van der Waals surface area contributed by atoms with E-state index in [1.54, 1.807) is 24.8 Å². The van der Waals surface area contributed by atoms with Crippen LogP contribution < -0.4 is 0 Å². The molecule has 9 rings (SSSR count). The largest absolute Gasteiger partial charge is 0.309 e. The molecule has 0 radical (unpaired) electrons.